The van der Waals surface area contributed by atoms with Crippen molar-refractivity contribution in [2.24, 2.45) is 11.8 Å². The molecule has 0 spiro atoms. The van der Waals surface area contributed by atoms with Crippen LogP contribution >= 0.6 is 23.2 Å². The summed E-state index contributed by atoms with van der Waals surface area (Å²) in [6, 6.07) is 14.0. The van der Waals surface area contributed by atoms with Crippen LogP contribution in [0, 0.1) is 11.8 Å². The number of hydrogen-bond acceptors (Lipinski definition) is 4. The number of nitrogens with zero attached hydrogens (tertiary/aromatic N) is 2. The molecule has 1 saturated carbocycles. The lowest BCUT2D eigenvalue weighted by molar-refractivity contribution is -0.144. The number of hydrogen-bond donors (Lipinski definition) is 1. The number of carbonyl (C=O) groups excluding carboxylic acids is 4. The van der Waals surface area contributed by atoms with Gasteiger partial charge < -0.3 is 10.2 Å². The van der Waals surface area contributed by atoms with E-state index >= 15 is 0 Å². The van der Waals surface area contributed by atoms with Gasteiger partial charge in [-0.15, -0.1) is 0 Å². The lowest BCUT2D eigenvalue weighted by Crippen LogP contribution is -2.52. The maximum atomic E-state index is 14.0. The Kier molecular flexibility index (Phi) is 9.46. The van der Waals surface area contributed by atoms with E-state index < -0.39 is 6.04 Å². The van der Waals surface area contributed by atoms with Gasteiger partial charge in [0.1, 0.15) is 6.04 Å². The number of carbonyl (C=O) groups is 4. The van der Waals surface area contributed by atoms with Gasteiger partial charge in [0.25, 0.3) is 0 Å². The first-order valence-electron chi connectivity index (χ1n) is 14.4. The molecule has 0 aromatic heterocycles. The number of benzene rings is 2. The van der Waals surface area contributed by atoms with E-state index in [9.17, 15) is 19.2 Å². The van der Waals surface area contributed by atoms with Crippen molar-refractivity contribution in [1.29, 1.82) is 0 Å². The summed E-state index contributed by atoms with van der Waals surface area (Å²) < 4.78 is 0. The average molecular weight is 597 g/mol. The van der Waals surface area contributed by atoms with Crippen molar-refractivity contribution in [2.75, 3.05) is 6.54 Å². The van der Waals surface area contributed by atoms with Crippen LogP contribution in [0.15, 0.2) is 60.7 Å². The Bertz CT molecular complexity index is 1300. The number of imide groups is 1. The molecule has 9 heteroatoms. The third-order valence-corrected chi connectivity index (χ3v) is 9.20. The normalized spacial score (nSPS) is 21.2. The third kappa shape index (κ3) is 6.84. The summed E-state index contributed by atoms with van der Waals surface area (Å²) in [6.07, 6.45) is 9.19. The molecule has 7 nitrogen and oxygen atoms in total. The number of amides is 4. The van der Waals surface area contributed by atoms with Crippen LogP contribution in [0.3, 0.4) is 0 Å². The van der Waals surface area contributed by atoms with Gasteiger partial charge in [0.2, 0.25) is 23.6 Å². The Morgan fingerprint density at radius 2 is 1.56 bits per heavy atom. The van der Waals surface area contributed by atoms with Gasteiger partial charge in [0.05, 0.1) is 21.9 Å². The first-order chi connectivity index (χ1) is 19.8. The first kappa shape index (κ1) is 29.3. The Labute approximate surface area is 250 Å². The van der Waals surface area contributed by atoms with Crippen molar-refractivity contribution >= 4 is 46.8 Å². The molecule has 216 valence electrons. The third-order valence-electron chi connectivity index (χ3n) is 8.46. The smallest absolute Gasteiger partial charge is 0.243 e. The van der Waals surface area contributed by atoms with E-state index in [-0.39, 0.29) is 61.0 Å². The fraction of sp³-hybridized carbons (Fsp3) is 0.438. The van der Waals surface area contributed by atoms with Crippen LogP contribution < -0.4 is 5.32 Å². The van der Waals surface area contributed by atoms with Gasteiger partial charge in [0, 0.05) is 32.0 Å². The second-order valence-electron chi connectivity index (χ2n) is 11.2. The highest BCUT2D eigenvalue weighted by molar-refractivity contribution is 6.42. The molecule has 2 aliphatic carbocycles. The van der Waals surface area contributed by atoms with Crippen LogP contribution in [0.2, 0.25) is 10.0 Å². The van der Waals surface area contributed by atoms with Gasteiger partial charge in [-0.05, 0) is 48.9 Å². The lowest BCUT2D eigenvalue weighted by Gasteiger charge is -2.33. The fourth-order valence-electron chi connectivity index (χ4n) is 6.20. The number of allylic oxidation sites excluding steroid dienone is 2. The Hall–Kier alpha value is -3.16. The van der Waals surface area contributed by atoms with Crippen molar-refractivity contribution in [3.05, 3.63) is 81.9 Å². The monoisotopic (exact) mass is 595 g/mol. The zero-order valence-corrected chi connectivity index (χ0v) is 24.4. The maximum Gasteiger partial charge on any atom is 0.243 e. The van der Waals surface area contributed by atoms with Crippen molar-refractivity contribution in [3.8, 4) is 0 Å². The highest BCUT2D eigenvalue weighted by Gasteiger charge is 2.47. The minimum atomic E-state index is -0.795. The number of likely N-dealkylation sites (tertiary alicyclic amines) is 1. The largest absolute Gasteiger partial charge is 0.352 e. The van der Waals surface area contributed by atoms with E-state index in [0.717, 1.165) is 36.8 Å². The molecule has 1 N–H and O–H groups in total. The second kappa shape index (κ2) is 13.2. The van der Waals surface area contributed by atoms with Crippen LogP contribution in [-0.4, -0.2) is 52.1 Å². The van der Waals surface area contributed by atoms with Gasteiger partial charge in [-0.2, -0.15) is 0 Å². The van der Waals surface area contributed by atoms with Gasteiger partial charge in [-0.25, -0.2) is 0 Å². The van der Waals surface area contributed by atoms with E-state index in [1.165, 1.54) is 4.90 Å². The quantitative estimate of drug-likeness (QED) is 0.297. The molecule has 3 atom stereocenters. The molecule has 41 heavy (non-hydrogen) atoms. The Morgan fingerprint density at radius 1 is 0.902 bits per heavy atom. The molecule has 1 aliphatic heterocycles. The molecule has 1 saturated heterocycles. The standard InChI is InChI=1S/C32H35Cl2N3O4/c33-26-15-14-22(18-27(26)34)20-37(29(38)16-17-36-31(40)24-12-6-7-13-25(24)32(36)41)28(19-21-8-2-1-3-9-21)30(39)35-23-10-4-5-11-23/h1-3,6-9,14-15,18,23-25,28H,4-5,10-13,16-17,19-20H2,(H,35,39)/t24-,25+,28?. The average Bonchev–Trinajstić information content (AvgIpc) is 3.57. The summed E-state index contributed by atoms with van der Waals surface area (Å²) in [6.45, 7) is 0.117. The predicted octanol–water partition coefficient (Wildman–Crippen LogP) is 5.33. The molecule has 5 rings (SSSR count). The SMILES string of the molecule is O=C(NC1CCCC1)C(Cc1ccccc1)N(Cc1ccc(Cl)c(Cl)c1)C(=O)CCN1C(=O)[C@H]2CC=CC[C@H]2C1=O. The highest BCUT2D eigenvalue weighted by Crippen LogP contribution is 2.35. The Morgan fingerprint density at radius 3 is 2.20 bits per heavy atom. The summed E-state index contributed by atoms with van der Waals surface area (Å²) in [7, 11) is 0. The molecular formula is C32H35Cl2N3O4. The molecular weight excluding hydrogens is 561 g/mol. The molecule has 2 fully saturated rings. The van der Waals surface area contributed by atoms with Crippen LogP contribution in [0.4, 0.5) is 0 Å². The zero-order chi connectivity index (χ0) is 28.9. The number of rotatable bonds is 10. The van der Waals surface area contributed by atoms with Crippen LogP contribution in [0.25, 0.3) is 0 Å². The summed E-state index contributed by atoms with van der Waals surface area (Å²) in [5.41, 5.74) is 1.65. The van der Waals surface area contributed by atoms with Crippen LogP contribution in [0.1, 0.15) is 56.1 Å². The lowest BCUT2D eigenvalue weighted by atomic mass is 9.85. The van der Waals surface area contributed by atoms with Gasteiger partial charge >= 0.3 is 0 Å². The fourth-order valence-corrected chi connectivity index (χ4v) is 6.52. The topological polar surface area (TPSA) is 86.8 Å². The van der Waals surface area contributed by atoms with Crippen molar-refractivity contribution < 1.29 is 19.2 Å². The minimum absolute atomic E-state index is 0.0102. The van der Waals surface area contributed by atoms with E-state index in [1.807, 2.05) is 42.5 Å². The van der Waals surface area contributed by atoms with Crippen molar-refractivity contribution in [2.45, 2.75) is 70.0 Å². The van der Waals surface area contributed by atoms with Gasteiger partial charge in [0.15, 0.2) is 0 Å². The molecule has 2 aromatic carbocycles. The molecule has 4 amide bonds. The van der Waals surface area contributed by atoms with E-state index in [2.05, 4.69) is 5.32 Å². The number of halogens is 2. The number of fused-ring (bicyclic) bond motifs is 1. The first-order valence-corrected chi connectivity index (χ1v) is 15.2. The summed E-state index contributed by atoms with van der Waals surface area (Å²) >= 11 is 12.4. The minimum Gasteiger partial charge on any atom is -0.352 e. The molecule has 1 heterocycles. The Balaban J connectivity index is 1.40. The van der Waals surface area contributed by atoms with E-state index in [0.29, 0.717) is 29.3 Å². The van der Waals surface area contributed by atoms with E-state index in [4.69, 9.17) is 23.2 Å². The van der Waals surface area contributed by atoms with Crippen molar-refractivity contribution in [1.82, 2.24) is 15.1 Å². The molecule has 3 aliphatic rings. The van der Waals surface area contributed by atoms with E-state index in [1.54, 1.807) is 23.1 Å². The van der Waals surface area contributed by atoms with Crippen LogP contribution in [-0.2, 0) is 32.1 Å². The molecule has 0 radical (unpaired) electrons. The highest BCUT2D eigenvalue weighted by atomic mass is 35.5. The summed E-state index contributed by atoms with van der Waals surface area (Å²) in [5, 5.41) is 3.94. The van der Waals surface area contributed by atoms with Crippen molar-refractivity contribution in [3.63, 3.8) is 0 Å². The summed E-state index contributed by atoms with van der Waals surface area (Å²) in [4.78, 5) is 56.7. The molecule has 0 bridgehead atoms. The van der Waals surface area contributed by atoms with Gasteiger partial charge in [-0.1, -0.05) is 84.6 Å². The van der Waals surface area contributed by atoms with Crippen LogP contribution in [0.5, 0.6) is 0 Å². The maximum absolute atomic E-state index is 14.0. The van der Waals surface area contributed by atoms with Gasteiger partial charge in [-0.3, -0.25) is 24.1 Å². The molecule has 1 unspecified atom stereocenters. The predicted molar refractivity (Wildman–Crippen MR) is 158 cm³/mol. The number of nitrogens with one attached hydrogen (secondary N) is 1. The second-order valence-corrected chi connectivity index (χ2v) is 12.0. The zero-order valence-electron chi connectivity index (χ0n) is 22.9. The summed E-state index contributed by atoms with van der Waals surface area (Å²) in [5.74, 6) is -1.65. The molecule has 2 aromatic rings.